The molecule has 0 bridgehead atoms. The minimum atomic E-state index is 0.278. The van der Waals surface area contributed by atoms with E-state index in [9.17, 15) is 0 Å². The number of benzene rings is 1. The average molecular weight is 222 g/mol. The molecule has 0 radical (unpaired) electrons. The Morgan fingerprint density at radius 3 is 2.81 bits per heavy atom. The van der Waals surface area contributed by atoms with E-state index in [4.69, 9.17) is 14.2 Å². The van der Waals surface area contributed by atoms with Gasteiger partial charge < -0.3 is 14.2 Å². The molecule has 1 aromatic carbocycles. The lowest BCUT2D eigenvalue weighted by atomic mass is 10.2. The molecule has 0 spiro atoms. The van der Waals surface area contributed by atoms with Gasteiger partial charge in [-0.3, -0.25) is 0 Å². The molecule has 1 fully saturated rings. The highest BCUT2D eigenvalue weighted by molar-refractivity contribution is 5.13. The molecule has 1 aliphatic rings. The Kier molecular flexibility index (Phi) is 4.80. The van der Waals surface area contributed by atoms with Gasteiger partial charge in [-0.2, -0.15) is 0 Å². The molecule has 88 valence electrons. The lowest BCUT2D eigenvalue weighted by Crippen LogP contribution is -2.15. The van der Waals surface area contributed by atoms with Crippen LogP contribution in [0.2, 0.25) is 0 Å². The fraction of sp³-hybridized carbons (Fsp3) is 0.538. The Balaban J connectivity index is 1.52. The van der Waals surface area contributed by atoms with Gasteiger partial charge in [0.05, 0.1) is 32.5 Å². The standard InChI is InChI=1S/C13H18O3/c1-2-4-12(5-3-1)10-15-8-9-16-13-6-7-14-11-13/h1-5,13H,6-11H2. The maximum absolute atomic E-state index is 5.59. The molecule has 0 saturated carbocycles. The van der Waals surface area contributed by atoms with Gasteiger partial charge in [-0.15, -0.1) is 0 Å². The first kappa shape index (κ1) is 11.6. The molecule has 3 nitrogen and oxygen atoms in total. The third-order valence-electron chi connectivity index (χ3n) is 2.58. The lowest BCUT2D eigenvalue weighted by Gasteiger charge is -2.09. The second kappa shape index (κ2) is 6.63. The van der Waals surface area contributed by atoms with Crippen LogP contribution in [0.3, 0.4) is 0 Å². The van der Waals surface area contributed by atoms with E-state index in [1.165, 1.54) is 5.56 Å². The summed E-state index contributed by atoms with van der Waals surface area (Å²) in [6.07, 6.45) is 1.29. The van der Waals surface area contributed by atoms with Crippen molar-refractivity contribution in [1.82, 2.24) is 0 Å². The van der Waals surface area contributed by atoms with Gasteiger partial charge in [0.1, 0.15) is 0 Å². The van der Waals surface area contributed by atoms with Crippen molar-refractivity contribution < 1.29 is 14.2 Å². The van der Waals surface area contributed by atoms with E-state index in [0.29, 0.717) is 19.8 Å². The van der Waals surface area contributed by atoms with Crippen LogP contribution in [0.25, 0.3) is 0 Å². The Morgan fingerprint density at radius 1 is 1.19 bits per heavy atom. The van der Waals surface area contributed by atoms with E-state index in [-0.39, 0.29) is 6.10 Å². The highest BCUT2D eigenvalue weighted by atomic mass is 16.6. The third-order valence-corrected chi connectivity index (χ3v) is 2.58. The summed E-state index contributed by atoms with van der Waals surface area (Å²) >= 11 is 0. The Labute approximate surface area is 96.3 Å². The van der Waals surface area contributed by atoms with Crippen molar-refractivity contribution in [2.45, 2.75) is 19.1 Å². The van der Waals surface area contributed by atoms with Crippen molar-refractivity contribution in [2.75, 3.05) is 26.4 Å². The summed E-state index contributed by atoms with van der Waals surface area (Å²) in [5.74, 6) is 0. The lowest BCUT2D eigenvalue weighted by molar-refractivity contribution is -0.00292. The highest BCUT2D eigenvalue weighted by Crippen LogP contribution is 2.07. The van der Waals surface area contributed by atoms with Crippen LogP contribution in [0.4, 0.5) is 0 Å². The molecule has 1 atom stereocenters. The molecule has 1 aromatic rings. The molecule has 2 rings (SSSR count). The van der Waals surface area contributed by atoms with Crippen LogP contribution in [0.5, 0.6) is 0 Å². The average Bonchev–Trinajstić information content (AvgIpc) is 2.83. The highest BCUT2D eigenvalue weighted by Gasteiger charge is 2.15. The van der Waals surface area contributed by atoms with Gasteiger partial charge in [-0.05, 0) is 12.0 Å². The van der Waals surface area contributed by atoms with E-state index in [1.54, 1.807) is 0 Å². The van der Waals surface area contributed by atoms with Crippen molar-refractivity contribution in [3.63, 3.8) is 0 Å². The van der Waals surface area contributed by atoms with Gasteiger partial charge in [-0.1, -0.05) is 30.3 Å². The van der Waals surface area contributed by atoms with Crippen molar-refractivity contribution in [3.05, 3.63) is 35.9 Å². The number of ether oxygens (including phenoxy) is 3. The van der Waals surface area contributed by atoms with Crippen LogP contribution in [-0.2, 0) is 20.8 Å². The largest absolute Gasteiger partial charge is 0.379 e. The zero-order valence-corrected chi connectivity index (χ0v) is 9.43. The van der Waals surface area contributed by atoms with Crippen molar-refractivity contribution in [3.8, 4) is 0 Å². The summed E-state index contributed by atoms with van der Waals surface area (Å²) in [6, 6.07) is 10.2. The number of rotatable bonds is 6. The Morgan fingerprint density at radius 2 is 2.06 bits per heavy atom. The summed E-state index contributed by atoms with van der Waals surface area (Å²) < 4.78 is 16.3. The minimum Gasteiger partial charge on any atom is -0.379 e. The molecule has 1 heterocycles. The van der Waals surface area contributed by atoms with Gasteiger partial charge in [0.2, 0.25) is 0 Å². The molecule has 3 heteroatoms. The van der Waals surface area contributed by atoms with E-state index >= 15 is 0 Å². The molecule has 1 saturated heterocycles. The number of hydrogen-bond acceptors (Lipinski definition) is 3. The summed E-state index contributed by atoms with van der Waals surface area (Å²) in [7, 11) is 0. The van der Waals surface area contributed by atoms with Crippen LogP contribution >= 0.6 is 0 Å². The Bertz CT molecular complexity index is 280. The second-order valence-corrected chi connectivity index (χ2v) is 3.89. The predicted octanol–water partition coefficient (Wildman–Crippen LogP) is 2.01. The zero-order valence-electron chi connectivity index (χ0n) is 9.43. The smallest absolute Gasteiger partial charge is 0.0831 e. The summed E-state index contributed by atoms with van der Waals surface area (Å²) in [5, 5.41) is 0. The van der Waals surface area contributed by atoms with E-state index in [2.05, 4.69) is 12.1 Å². The summed E-state index contributed by atoms with van der Waals surface area (Å²) in [6.45, 7) is 3.52. The van der Waals surface area contributed by atoms with Crippen molar-refractivity contribution in [2.24, 2.45) is 0 Å². The first-order chi connectivity index (χ1) is 7.95. The fourth-order valence-electron chi connectivity index (χ4n) is 1.68. The second-order valence-electron chi connectivity index (χ2n) is 3.89. The quantitative estimate of drug-likeness (QED) is 0.689. The monoisotopic (exact) mass is 222 g/mol. The summed E-state index contributed by atoms with van der Waals surface area (Å²) in [5.41, 5.74) is 1.20. The molecule has 0 amide bonds. The molecular formula is C13H18O3. The molecule has 16 heavy (non-hydrogen) atoms. The molecule has 0 N–H and O–H groups in total. The Hall–Kier alpha value is -0.900. The van der Waals surface area contributed by atoms with Crippen molar-refractivity contribution in [1.29, 1.82) is 0 Å². The molecule has 0 aliphatic carbocycles. The third kappa shape index (κ3) is 3.93. The first-order valence-corrected chi connectivity index (χ1v) is 5.76. The molecule has 1 unspecified atom stereocenters. The fourth-order valence-corrected chi connectivity index (χ4v) is 1.68. The maximum atomic E-state index is 5.59. The minimum absolute atomic E-state index is 0.278. The van der Waals surface area contributed by atoms with Crippen molar-refractivity contribution >= 4 is 0 Å². The van der Waals surface area contributed by atoms with E-state index in [0.717, 1.165) is 19.6 Å². The zero-order chi connectivity index (χ0) is 11.1. The van der Waals surface area contributed by atoms with Gasteiger partial charge >= 0.3 is 0 Å². The maximum Gasteiger partial charge on any atom is 0.0831 e. The van der Waals surface area contributed by atoms with Gasteiger partial charge in [0.15, 0.2) is 0 Å². The van der Waals surface area contributed by atoms with Crippen LogP contribution in [0.15, 0.2) is 30.3 Å². The van der Waals surface area contributed by atoms with Gasteiger partial charge in [0, 0.05) is 6.61 Å². The van der Waals surface area contributed by atoms with Crippen LogP contribution in [0.1, 0.15) is 12.0 Å². The van der Waals surface area contributed by atoms with Crippen LogP contribution in [-0.4, -0.2) is 32.5 Å². The van der Waals surface area contributed by atoms with Crippen LogP contribution in [0, 0.1) is 0 Å². The first-order valence-electron chi connectivity index (χ1n) is 5.76. The molecular weight excluding hydrogens is 204 g/mol. The van der Waals surface area contributed by atoms with Crippen LogP contribution < -0.4 is 0 Å². The van der Waals surface area contributed by atoms with E-state index < -0.39 is 0 Å². The topological polar surface area (TPSA) is 27.7 Å². The normalized spacial score (nSPS) is 20.1. The summed E-state index contributed by atoms with van der Waals surface area (Å²) in [4.78, 5) is 0. The predicted molar refractivity (Wildman–Crippen MR) is 61.3 cm³/mol. The molecule has 0 aromatic heterocycles. The van der Waals surface area contributed by atoms with Gasteiger partial charge in [-0.25, -0.2) is 0 Å². The van der Waals surface area contributed by atoms with E-state index in [1.807, 2.05) is 18.2 Å². The molecule has 1 aliphatic heterocycles. The SMILES string of the molecule is c1ccc(COCCOC2CCOC2)cc1. The van der Waals surface area contributed by atoms with Gasteiger partial charge in [0.25, 0.3) is 0 Å². The number of hydrogen-bond donors (Lipinski definition) is 0.